The molecule has 0 atom stereocenters. The molecular weight excluding hydrogens is 681 g/mol. The van der Waals surface area contributed by atoms with Crippen LogP contribution in [-0.4, -0.2) is 54.0 Å². The van der Waals surface area contributed by atoms with E-state index in [-0.39, 0.29) is 24.1 Å². The van der Waals surface area contributed by atoms with Gasteiger partial charge >= 0.3 is 7.82 Å². The Labute approximate surface area is 259 Å². The summed E-state index contributed by atoms with van der Waals surface area (Å²) < 4.78 is 32.4. The molecule has 3 rings (SSSR count). The van der Waals surface area contributed by atoms with Gasteiger partial charge in [0.1, 0.15) is 29.8 Å². The molecule has 0 aliphatic carbocycles. The molecule has 2 N–H and O–H groups in total. The monoisotopic (exact) mass is 701 g/mol. The quantitative estimate of drug-likeness (QED) is 0.126. The van der Waals surface area contributed by atoms with Crippen LogP contribution in [0.5, 0.6) is 5.75 Å². The van der Waals surface area contributed by atoms with Crippen LogP contribution >= 0.6 is 89.0 Å². The van der Waals surface area contributed by atoms with Crippen molar-refractivity contribution < 1.29 is 22.9 Å². The summed E-state index contributed by atoms with van der Waals surface area (Å²) in [5.74, 6) is 0.725. The maximum atomic E-state index is 13.1. The average Bonchev–Trinajstić information content (AvgIpc) is 3.15. The number of aryl methyl sites for hydroxylation is 1. The van der Waals surface area contributed by atoms with Gasteiger partial charge in [-0.1, -0.05) is 81.2 Å². The van der Waals surface area contributed by atoms with Crippen molar-refractivity contribution in [3.63, 3.8) is 0 Å². The van der Waals surface area contributed by atoms with E-state index in [2.05, 4.69) is 15.0 Å². The molecule has 3 aromatic heterocycles. The highest BCUT2D eigenvalue weighted by Crippen LogP contribution is 2.52. The summed E-state index contributed by atoms with van der Waals surface area (Å²) in [4.78, 5) is 13.0. The van der Waals surface area contributed by atoms with Gasteiger partial charge in [-0.15, -0.1) is 0 Å². The molecule has 18 heteroatoms. The minimum absolute atomic E-state index is 0.00877. The minimum atomic E-state index is -4.32. The molecule has 10 nitrogen and oxygen atoms in total. The molecule has 0 unspecified atom stereocenters. The van der Waals surface area contributed by atoms with Crippen LogP contribution in [0, 0.1) is 13.8 Å². The van der Waals surface area contributed by atoms with Gasteiger partial charge in [-0.05, 0) is 25.8 Å². The lowest BCUT2D eigenvalue weighted by atomic mass is 10.1. The molecule has 0 spiro atoms. The van der Waals surface area contributed by atoms with Crippen LogP contribution in [-0.2, 0) is 31.1 Å². The average molecular weight is 705 g/mol. The third-order valence-electron chi connectivity index (χ3n) is 5.23. The molecule has 0 saturated carbocycles. The highest BCUT2D eigenvalue weighted by molar-refractivity contribution is 7.48. The second-order valence-corrected chi connectivity index (χ2v) is 15.3. The third-order valence-corrected chi connectivity index (χ3v) is 7.55. The maximum Gasteiger partial charge on any atom is 0.475 e. The van der Waals surface area contributed by atoms with Crippen LogP contribution in [0.15, 0.2) is 12.4 Å². The van der Waals surface area contributed by atoms with Gasteiger partial charge in [-0.2, -0.15) is 4.98 Å². The number of hydrogen-bond donors (Lipinski definition) is 1. The van der Waals surface area contributed by atoms with Gasteiger partial charge in [0.05, 0.1) is 31.3 Å². The Bertz CT molecular complexity index is 1360. The number of alkyl halides is 6. The Morgan fingerprint density at radius 3 is 2.21 bits per heavy atom. The minimum Gasteiger partial charge on any atom is -0.496 e. The number of aromatic nitrogens is 4. The number of methoxy groups -OCH3 is 1. The number of nitrogen functional groups attached to an aromatic ring is 1. The fourth-order valence-electron chi connectivity index (χ4n) is 3.62. The summed E-state index contributed by atoms with van der Waals surface area (Å²) in [5.41, 5.74) is 9.51. The van der Waals surface area contributed by atoms with E-state index < -0.39 is 28.6 Å². The number of rotatable bonds is 11. The van der Waals surface area contributed by atoms with E-state index >= 15 is 0 Å². The van der Waals surface area contributed by atoms with Crippen molar-refractivity contribution in [3.05, 3.63) is 39.9 Å². The fraction of sp³-hybridized carbons (Fsp3) is 0.476. The first kappa shape index (κ1) is 33.0. The molecule has 0 radical (unpaired) electrons. The summed E-state index contributed by atoms with van der Waals surface area (Å²) in [6.07, 6.45) is 3.68. The standard InChI is InChI=1S/C21H23Cl7N5O5P/c1-11-6-30-14(12(2)16(11)35-3)8-33-7-13(15-17(22)31-19(29)32-18(15)33)4-5-36-39(34,37-9-20(23,24)25)38-10-21(26,27)28/h6-7H,4-5,8-10H2,1-3H3,(H2,29,31,32). The fourth-order valence-corrected chi connectivity index (χ4v) is 5.94. The molecule has 0 aliphatic rings. The third kappa shape index (κ3) is 9.25. The van der Waals surface area contributed by atoms with Crippen LogP contribution < -0.4 is 10.5 Å². The lowest BCUT2D eigenvalue weighted by Crippen LogP contribution is -2.17. The molecule has 39 heavy (non-hydrogen) atoms. The number of halogens is 7. The van der Waals surface area contributed by atoms with E-state index in [1.807, 2.05) is 18.4 Å². The topological polar surface area (TPSA) is 124 Å². The molecule has 3 aromatic rings. The zero-order valence-corrected chi connectivity index (χ0v) is 26.9. The second kappa shape index (κ2) is 13.2. The maximum absolute atomic E-state index is 13.1. The van der Waals surface area contributed by atoms with E-state index in [0.717, 1.165) is 22.6 Å². The number of pyridine rings is 1. The Morgan fingerprint density at radius 1 is 1.03 bits per heavy atom. The summed E-state index contributed by atoms with van der Waals surface area (Å²) in [5, 5.41) is 0.644. The molecular formula is C21H23Cl7N5O5P. The summed E-state index contributed by atoms with van der Waals surface area (Å²) >= 11 is 40.7. The lowest BCUT2D eigenvalue weighted by molar-refractivity contribution is 0.117. The number of fused-ring (bicyclic) bond motifs is 1. The molecule has 0 saturated heterocycles. The van der Waals surface area contributed by atoms with Crippen molar-refractivity contribution in [1.29, 1.82) is 0 Å². The Hall–Kier alpha value is -0.490. The smallest absolute Gasteiger partial charge is 0.475 e. The van der Waals surface area contributed by atoms with Gasteiger partial charge in [0.15, 0.2) is 0 Å². The lowest BCUT2D eigenvalue weighted by Gasteiger charge is -2.22. The van der Waals surface area contributed by atoms with Crippen LogP contribution in [0.4, 0.5) is 5.95 Å². The molecule has 0 bridgehead atoms. The van der Waals surface area contributed by atoms with Crippen molar-refractivity contribution >= 4 is 106 Å². The van der Waals surface area contributed by atoms with E-state index in [1.54, 1.807) is 19.5 Å². The largest absolute Gasteiger partial charge is 0.496 e. The number of ether oxygens (including phenoxy) is 1. The number of hydrogen-bond acceptors (Lipinski definition) is 9. The highest BCUT2D eigenvalue weighted by atomic mass is 35.6. The second-order valence-electron chi connectivity index (χ2n) is 8.21. The SMILES string of the molecule is COc1c(C)cnc(Cn2cc(CCOP(=O)(OCC(Cl)(Cl)Cl)OCC(Cl)(Cl)Cl)c3c(Cl)nc(N)nc32)c1C. The van der Waals surface area contributed by atoms with Gasteiger partial charge in [0, 0.05) is 23.5 Å². The number of anilines is 1. The predicted molar refractivity (Wildman–Crippen MR) is 156 cm³/mol. The molecule has 0 amide bonds. The van der Waals surface area contributed by atoms with E-state index in [1.165, 1.54) is 0 Å². The highest BCUT2D eigenvalue weighted by Gasteiger charge is 2.35. The van der Waals surface area contributed by atoms with Crippen LogP contribution in [0.3, 0.4) is 0 Å². The van der Waals surface area contributed by atoms with Gasteiger partial charge in [0.25, 0.3) is 0 Å². The van der Waals surface area contributed by atoms with Crippen molar-refractivity contribution in [1.82, 2.24) is 19.5 Å². The van der Waals surface area contributed by atoms with Crippen molar-refractivity contribution in [3.8, 4) is 5.75 Å². The van der Waals surface area contributed by atoms with E-state index in [4.69, 9.17) is 105 Å². The van der Waals surface area contributed by atoms with Crippen LogP contribution in [0.25, 0.3) is 11.0 Å². The van der Waals surface area contributed by atoms with Crippen molar-refractivity contribution in [2.45, 2.75) is 34.4 Å². The molecule has 0 aliphatic heterocycles. The predicted octanol–water partition coefficient (Wildman–Crippen LogP) is 7.18. The van der Waals surface area contributed by atoms with Crippen molar-refractivity contribution in [2.24, 2.45) is 0 Å². The van der Waals surface area contributed by atoms with Crippen molar-refractivity contribution in [2.75, 3.05) is 32.7 Å². The number of phosphoric acid groups is 1. The zero-order valence-electron chi connectivity index (χ0n) is 20.7. The van der Waals surface area contributed by atoms with Gasteiger partial charge in [0.2, 0.25) is 13.5 Å². The summed E-state index contributed by atoms with van der Waals surface area (Å²) in [7, 11) is -2.72. The Morgan fingerprint density at radius 2 is 1.64 bits per heavy atom. The first-order chi connectivity index (χ1) is 18.0. The number of nitrogens with zero attached hydrogens (tertiary/aromatic N) is 4. The van der Waals surface area contributed by atoms with Gasteiger partial charge < -0.3 is 15.0 Å². The number of nitrogens with two attached hydrogens (primary N) is 1. The number of phosphoric ester groups is 1. The normalized spacial score (nSPS) is 12.9. The van der Waals surface area contributed by atoms with E-state index in [0.29, 0.717) is 23.1 Å². The zero-order chi connectivity index (χ0) is 29.2. The van der Waals surface area contributed by atoms with Crippen LogP contribution in [0.2, 0.25) is 5.15 Å². The van der Waals surface area contributed by atoms with Gasteiger partial charge in [-0.25, -0.2) is 9.55 Å². The summed E-state index contributed by atoms with van der Waals surface area (Å²) in [6.45, 7) is 2.73. The molecule has 0 fully saturated rings. The Kier molecular flexibility index (Phi) is 11.2. The van der Waals surface area contributed by atoms with Gasteiger partial charge in [-0.3, -0.25) is 18.6 Å². The van der Waals surface area contributed by atoms with Crippen LogP contribution in [0.1, 0.15) is 22.4 Å². The molecule has 3 heterocycles. The van der Waals surface area contributed by atoms with E-state index in [9.17, 15) is 4.57 Å². The molecule has 0 aromatic carbocycles. The molecule has 216 valence electrons. The summed E-state index contributed by atoms with van der Waals surface area (Å²) in [6, 6.07) is 0. The first-order valence-electron chi connectivity index (χ1n) is 11.0. The first-order valence-corrected chi connectivity index (χ1v) is 15.1. The Balaban J connectivity index is 1.89.